The van der Waals surface area contributed by atoms with Crippen LogP contribution in [0, 0.1) is 18.8 Å². The number of aryl methyl sites for hydroxylation is 1. The maximum absolute atomic E-state index is 5.44. The molecular weight excluding hydrogens is 174 g/mol. The lowest BCUT2D eigenvalue weighted by molar-refractivity contribution is 0.420. The van der Waals surface area contributed by atoms with Gasteiger partial charge in [0.15, 0.2) is 0 Å². The van der Waals surface area contributed by atoms with E-state index in [2.05, 4.69) is 26.1 Å². The molecule has 1 saturated carbocycles. The van der Waals surface area contributed by atoms with Crippen molar-refractivity contribution in [2.24, 2.45) is 11.8 Å². The third-order valence-corrected chi connectivity index (χ3v) is 3.26. The largest absolute Gasteiger partial charge is 0.467 e. The van der Waals surface area contributed by atoms with Crippen LogP contribution in [0.15, 0.2) is 16.7 Å². The van der Waals surface area contributed by atoms with Gasteiger partial charge in [-0.15, -0.1) is 0 Å². The number of nitrogens with one attached hydrogen (secondary N) is 1. The Morgan fingerprint density at radius 3 is 2.86 bits per heavy atom. The normalized spacial score (nSPS) is 27.6. The van der Waals surface area contributed by atoms with Crippen molar-refractivity contribution in [3.8, 4) is 0 Å². The third kappa shape index (κ3) is 2.01. The second-order valence-corrected chi connectivity index (χ2v) is 4.57. The molecule has 0 aliphatic heterocycles. The Balaban J connectivity index is 1.83. The standard InChI is InChI=1S/C12H19NO/c1-8-4-5-14-12(8)10(3)13-7-11-6-9(11)2/h4-5,9-11,13H,6-7H2,1-3H3. The summed E-state index contributed by atoms with van der Waals surface area (Å²) < 4.78 is 5.44. The van der Waals surface area contributed by atoms with Crippen molar-refractivity contribution in [2.75, 3.05) is 6.54 Å². The Labute approximate surface area is 85.7 Å². The van der Waals surface area contributed by atoms with Crippen LogP contribution >= 0.6 is 0 Å². The zero-order chi connectivity index (χ0) is 10.1. The van der Waals surface area contributed by atoms with Crippen LogP contribution < -0.4 is 5.32 Å². The van der Waals surface area contributed by atoms with Crippen LogP contribution in [0.3, 0.4) is 0 Å². The zero-order valence-electron chi connectivity index (χ0n) is 9.21. The second kappa shape index (κ2) is 3.77. The summed E-state index contributed by atoms with van der Waals surface area (Å²) in [4.78, 5) is 0. The summed E-state index contributed by atoms with van der Waals surface area (Å²) in [7, 11) is 0. The Hall–Kier alpha value is -0.760. The fourth-order valence-electron chi connectivity index (χ4n) is 1.93. The van der Waals surface area contributed by atoms with Crippen molar-refractivity contribution in [2.45, 2.75) is 33.2 Å². The summed E-state index contributed by atoms with van der Waals surface area (Å²) in [6.07, 6.45) is 3.15. The lowest BCUT2D eigenvalue weighted by Crippen LogP contribution is -2.21. The average Bonchev–Trinajstić information content (AvgIpc) is 2.67. The lowest BCUT2D eigenvalue weighted by atomic mass is 10.1. The highest BCUT2D eigenvalue weighted by atomic mass is 16.3. The highest BCUT2D eigenvalue weighted by Gasteiger charge is 2.32. The lowest BCUT2D eigenvalue weighted by Gasteiger charge is -2.11. The Morgan fingerprint density at radius 1 is 1.64 bits per heavy atom. The molecule has 0 aromatic carbocycles. The Bertz CT molecular complexity index is 305. The van der Waals surface area contributed by atoms with Crippen molar-refractivity contribution in [3.05, 3.63) is 23.7 Å². The molecule has 1 N–H and O–H groups in total. The third-order valence-electron chi connectivity index (χ3n) is 3.26. The minimum absolute atomic E-state index is 0.345. The quantitative estimate of drug-likeness (QED) is 0.795. The van der Waals surface area contributed by atoms with Crippen LogP contribution in [-0.2, 0) is 0 Å². The minimum atomic E-state index is 0.345. The molecule has 1 aromatic heterocycles. The molecule has 2 rings (SSSR count). The van der Waals surface area contributed by atoms with E-state index >= 15 is 0 Å². The first-order valence-corrected chi connectivity index (χ1v) is 5.46. The van der Waals surface area contributed by atoms with Gasteiger partial charge in [-0.05, 0) is 50.3 Å². The molecule has 14 heavy (non-hydrogen) atoms. The van der Waals surface area contributed by atoms with E-state index in [0.717, 1.165) is 24.1 Å². The molecule has 3 unspecified atom stereocenters. The van der Waals surface area contributed by atoms with Crippen LogP contribution in [0.25, 0.3) is 0 Å². The van der Waals surface area contributed by atoms with E-state index in [1.807, 2.05) is 6.07 Å². The van der Waals surface area contributed by atoms with Gasteiger partial charge in [0.25, 0.3) is 0 Å². The van der Waals surface area contributed by atoms with E-state index in [4.69, 9.17) is 4.42 Å². The number of hydrogen-bond donors (Lipinski definition) is 1. The molecule has 0 bridgehead atoms. The highest BCUT2D eigenvalue weighted by Crippen LogP contribution is 2.37. The predicted octanol–water partition coefficient (Wildman–Crippen LogP) is 2.89. The fourth-order valence-corrected chi connectivity index (χ4v) is 1.93. The van der Waals surface area contributed by atoms with E-state index in [1.165, 1.54) is 12.0 Å². The van der Waals surface area contributed by atoms with E-state index < -0.39 is 0 Å². The fraction of sp³-hybridized carbons (Fsp3) is 0.667. The number of rotatable bonds is 4. The topological polar surface area (TPSA) is 25.2 Å². The molecule has 2 nitrogen and oxygen atoms in total. The van der Waals surface area contributed by atoms with Crippen LogP contribution in [-0.4, -0.2) is 6.54 Å². The van der Waals surface area contributed by atoms with Gasteiger partial charge in [0.1, 0.15) is 5.76 Å². The molecule has 1 aliphatic carbocycles. The zero-order valence-corrected chi connectivity index (χ0v) is 9.21. The maximum atomic E-state index is 5.44. The summed E-state index contributed by atoms with van der Waals surface area (Å²) in [5.41, 5.74) is 1.24. The van der Waals surface area contributed by atoms with Gasteiger partial charge in [0.05, 0.1) is 12.3 Å². The average molecular weight is 193 g/mol. The van der Waals surface area contributed by atoms with Crippen LogP contribution in [0.4, 0.5) is 0 Å². The molecule has 3 atom stereocenters. The van der Waals surface area contributed by atoms with Crippen molar-refractivity contribution >= 4 is 0 Å². The monoisotopic (exact) mass is 193 g/mol. The molecule has 2 heteroatoms. The first-order valence-electron chi connectivity index (χ1n) is 5.46. The molecule has 78 valence electrons. The summed E-state index contributed by atoms with van der Waals surface area (Å²) in [6.45, 7) is 7.70. The van der Waals surface area contributed by atoms with Crippen molar-refractivity contribution in [1.29, 1.82) is 0 Å². The maximum Gasteiger partial charge on any atom is 0.123 e. The molecule has 0 amide bonds. The van der Waals surface area contributed by atoms with E-state index in [9.17, 15) is 0 Å². The SMILES string of the molecule is Cc1ccoc1C(C)NCC1CC1C. The number of furan rings is 1. The summed E-state index contributed by atoms with van der Waals surface area (Å²) >= 11 is 0. The number of hydrogen-bond acceptors (Lipinski definition) is 2. The second-order valence-electron chi connectivity index (χ2n) is 4.57. The summed E-state index contributed by atoms with van der Waals surface area (Å²) in [6, 6.07) is 2.37. The molecule has 0 saturated heterocycles. The van der Waals surface area contributed by atoms with E-state index in [1.54, 1.807) is 6.26 Å². The van der Waals surface area contributed by atoms with Crippen LogP contribution in [0.5, 0.6) is 0 Å². The van der Waals surface area contributed by atoms with Crippen LogP contribution in [0.1, 0.15) is 37.6 Å². The van der Waals surface area contributed by atoms with Gasteiger partial charge in [-0.25, -0.2) is 0 Å². The van der Waals surface area contributed by atoms with E-state index in [-0.39, 0.29) is 0 Å². The van der Waals surface area contributed by atoms with Crippen molar-refractivity contribution in [1.82, 2.24) is 5.32 Å². The molecule has 1 fully saturated rings. The van der Waals surface area contributed by atoms with Gasteiger partial charge in [0.2, 0.25) is 0 Å². The highest BCUT2D eigenvalue weighted by molar-refractivity contribution is 5.17. The summed E-state index contributed by atoms with van der Waals surface area (Å²) in [5.74, 6) is 2.90. The van der Waals surface area contributed by atoms with Gasteiger partial charge in [-0.2, -0.15) is 0 Å². The molecular formula is C12H19NO. The Kier molecular flexibility index (Phi) is 2.64. The first kappa shape index (κ1) is 9.78. The predicted molar refractivity (Wildman–Crippen MR) is 57.1 cm³/mol. The van der Waals surface area contributed by atoms with Gasteiger partial charge in [0, 0.05) is 0 Å². The van der Waals surface area contributed by atoms with Crippen LogP contribution in [0.2, 0.25) is 0 Å². The van der Waals surface area contributed by atoms with Gasteiger partial charge in [-0.3, -0.25) is 0 Å². The molecule has 1 aliphatic rings. The van der Waals surface area contributed by atoms with Gasteiger partial charge < -0.3 is 9.73 Å². The van der Waals surface area contributed by atoms with Crippen molar-refractivity contribution < 1.29 is 4.42 Å². The van der Waals surface area contributed by atoms with Crippen molar-refractivity contribution in [3.63, 3.8) is 0 Å². The molecule has 0 radical (unpaired) electrons. The smallest absolute Gasteiger partial charge is 0.123 e. The Morgan fingerprint density at radius 2 is 2.36 bits per heavy atom. The minimum Gasteiger partial charge on any atom is -0.467 e. The molecule has 1 heterocycles. The molecule has 0 spiro atoms. The van der Waals surface area contributed by atoms with Gasteiger partial charge in [-0.1, -0.05) is 6.92 Å². The van der Waals surface area contributed by atoms with E-state index in [0.29, 0.717) is 6.04 Å². The molecule has 1 aromatic rings. The first-order chi connectivity index (χ1) is 6.68. The van der Waals surface area contributed by atoms with Gasteiger partial charge >= 0.3 is 0 Å². The summed E-state index contributed by atoms with van der Waals surface area (Å²) in [5, 5.41) is 3.52.